The summed E-state index contributed by atoms with van der Waals surface area (Å²) in [6, 6.07) is 28.0. The van der Waals surface area contributed by atoms with Crippen LogP contribution in [0.2, 0.25) is 0 Å². The summed E-state index contributed by atoms with van der Waals surface area (Å²) >= 11 is 0. The average molecular weight is 541 g/mol. The van der Waals surface area contributed by atoms with E-state index in [-0.39, 0.29) is 5.92 Å². The van der Waals surface area contributed by atoms with Crippen LogP contribution in [0.4, 0.5) is 0 Å². The van der Waals surface area contributed by atoms with Gasteiger partial charge in [0, 0.05) is 23.6 Å². The Balaban J connectivity index is 0.000000312. The van der Waals surface area contributed by atoms with E-state index in [9.17, 15) is 0 Å². The van der Waals surface area contributed by atoms with Crippen molar-refractivity contribution in [2.75, 3.05) is 42.7 Å². The third-order valence-corrected chi connectivity index (χ3v) is 6.97. The third kappa shape index (κ3) is 6.52. The number of methoxy groups -OCH3 is 6. The molecule has 0 bridgehead atoms. The molecule has 0 amide bonds. The lowest BCUT2D eigenvalue weighted by Crippen LogP contribution is -1.98. The lowest BCUT2D eigenvalue weighted by atomic mass is 9.90. The van der Waals surface area contributed by atoms with Crippen molar-refractivity contribution < 1.29 is 28.4 Å². The predicted molar refractivity (Wildman–Crippen MR) is 159 cm³/mol. The number of hydrogen-bond acceptors (Lipinski definition) is 6. The molecule has 5 rings (SSSR count). The van der Waals surface area contributed by atoms with Gasteiger partial charge in [-0.25, -0.2) is 0 Å². The van der Waals surface area contributed by atoms with Crippen LogP contribution in [0, 0.1) is 0 Å². The average Bonchev–Trinajstić information content (AvgIpc) is 3.39. The molecule has 6 heteroatoms. The lowest BCUT2D eigenvalue weighted by molar-refractivity contribution is 0.391. The molecule has 40 heavy (non-hydrogen) atoms. The second-order valence-corrected chi connectivity index (χ2v) is 9.14. The highest BCUT2D eigenvalue weighted by molar-refractivity contribution is 5.91. The van der Waals surface area contributed by atoms with E-state index in [1.165, 1.54) is 22.3 Å². The smallest absolute Gasteiger partial charge is 0.126 e. The van der Waals surface area contributed by atoms with Crippen LogP contribution >= 0.6 is 0 Å². The summed E-state index contributed by atoms with van der Waals surface area (Å²) in [4.78, 5) is 0. The maximum absolute atomic E-state index is 5.71. The van der Waals surface area contributed by atoms with Gasteiger partial charge in [0.05, 0.1) is 42.7 Å². The molecule has 0 saturated carbocycles. The van der Waals surface area contributed by atoms with Crippen molar-refractivity contribution in [1.82, 2.24) is 0 Å². The summed E-state index contributed by atoms with van der Waals surface area (Å²) in [6.45, 7) is 0. The highest BCUT2D eigenvalue weighted by atomic mass is 16.5. The van der Waals surface area contributed by atoms with E-state index in [4.69, 9.17) is 28.4 Å². The van der Waals surface area contributed by atoms with Crippen LogP contribution in [0.1, 0.15) is 28.2 Å². The first kappa shape index (κ1) is 28.4. The highest BCUT2D eigenvalue weighted by Crippen LogP contribution is 2.49. The molecule has 1 aliphatic carbocycles. The molecular formula is C34H36O6. The maximum atomic E-state index is 5.71. The molecule has 0 aliphatic heterocycles. The fourth-order valence-electron chi connectivity index (χ4n) is 4.81. The maximum Gasteiger partial charge on any atom is 0.126 e. The minimum absolute atomic E-state index is 0.217. The first-order valence-electron chi connectivity index (χ1n) is 13.0. The SMILES string of the molecule is COc1ccc(/C=C2/c3cc(OC)cc(OC)c3C[C@H]2c2ccc(OC)cc2)cc1.COc1cccc(OC)c1. The van der Waals surface area contributed by atoms with Gasteiger partial charge < -0.3 is 28.4 Å². The van der Waals surface area contributed by atoms with Crippen molar-refractivity contribution >= 4 is 11.6 Å². The van der Waals surface area contributed by atoms with Crippen LogP contribution < -0.4 is 28.4 Å². The largest absolute Gasteiger partial charge is 0.497 e. The van der Waals surface area contributed by atoms with Gasteiger partial charge in [-0.2, -0.15) is 0 Å². The molecule has 0 unspecified atom stereocenters. The Morgan fingerprint density at radius 2 is 1.10 bits per heavy atom. The van der Waals surface area contributed by atoms with Crippen molar-refractivity contribution in [2.24, 2.45) is 0 Å². The van der Waals surface area contributed by atoms with Gasteiger partial charge in [-0.15, -0.1) is 0 Å². The second kappa shape index (κ2) is 13.5. The molecule has 1 atom stereocenters. The van der Waals surface area contributed by atoms with Gasteiger partial charge in [0.25, 0.3) is 0 Å². The molecule has 0 radical (unpaired) electrons. The van der Waals surface area contributed by atoms with E-state index in [0.29, 0.717) is 0 Å². The van der Waals surface area contributed by atoms with E-state index in [1.807, 2.05) is 54.6 Å². The summed E-state index contributed by atoms with van der Waals surface area (Å²) in [6.07, 6.45) is 3.12. The van der Waals surface area contributed by atoms with Crippen LogP contribution in [0.25, 0.3) is 11.6 Å². The molecule has 4 aromatic carbocycles. The minimum atomic E-state index is 0.217. The molecule has 6 nitrogen and oxygen atoms in total. The fourth-order valence-corrected chi connectivity index (χ4v) is 4.81. The molecule has 4 aromatic rings. The van der Waals surface area contributed by atoms with E-state index < -0.39 is 0 Å². The van der Waals surface area contributed by atoms with E-state index in [2.05, 4.69) is 36.4 Å². The Hall–Kier alpha value is -4.58. The zero-order chi connectivity index (χ0) is 28.5. The van der Waals surface area contributed by atoms with Crippen LogP contribution in [0.3, 0.4) is 0 Å². The van der Waals surface area contributed by atoms with Gasteiger partial charge in [0.15, 0.2) is 0 Å². The van der Waals surface area contributed by atoms with Crippen LogP contribution in [-0.2, 0) is 6.42 Å². The van der Waals surface area contributed by atoms with Gasteiger partial charge >= 0.3 is 0 Å². The number of allylic oxidation sites excluding steroid dienone is 1. The third-order valence-electron chi connectivity index (χ3n) is 6.97. The number of hydrogen-bond donors (Lipinski definition) is 0. The quantitative estimate of drug-likeness (QED) is 0.234. The number of rotatable bonds is 8. The molecule has 208 valence electrons. The monoisotopic (exact) mass is 540 g/mol. The van der Waals surface area contributed by atoms with E-state index >= 15 is 0 Å². The van der Waals surface area contributed by atoms with Crippen LogP contribution in [0.15, 0.2) is 84.9 Å². The van der Waals surface area contributed by atoms with Crippen molar-refractivity contribution in [3.63, 3.8) is 0 Å². The Kier molecular flexibility index (Phi) is 9.57. The Bertz CT molecular complexity index is 1410. The Labute approximate surface area is 236 Å². The standard InChI is InChI=1S/C26H26O4.C8H10O2/c1-27-19-9-5-17(6-10-19)13-23-22(18-7-11-20(28-2)12-8-18)16-25-24(23)14-21(29-3)15-26(25)30-4;1-9-7-4-3-5-8(6-7)10-2/h5-15,22H,16H2,1-4H3;3-6H,1-2H3/b23-13+;/t22-;/m0./s1. The van der Waals surface area contributed by atoms with Crippen LogP contribution in [0.5, 0.6) is 34.5 Å². The van der Waals surface area contributed by atoms with Crippen molar-refractivity contribution in [2.45, 2.75) is 12.3 Å². The Morgan fingerprint density at radius 1 is 0.550 bits per heavy atom. The Morgan fingerprint density at radius 3 is 1.62 bits per heavy atom. The summed E-state index contributed by atoms with van der Waals surface area (Å²) in [5.41, 5.74) is 5.99. The molecular weight excluding hydrogens is 504 g/mol. The molecule has 0 fully saturated rings. The van der Waals surface area contributed by atoms with Crippen LogP contribution in [-0.4, -0.2) is 42.7 Å². The molecule has 0 N–H and O–H groups in total. The molecule has 0 heterocycles. The van der Waals surface area contributed by atoms with E-state index in [1.54, 1.807) is 42.7 Å². The topological polar surface area (TPSA) is 55.4 Å². The molecule has 1 aliphatic rings. The highest BCUT2D eigenvalue weighted by Gasteiger charge is 2.31. The number of benzene rings is 4. The second-order valence-electron chi connectivity index (χ2n) is 9.14. The lowest BCUT2D eigenvalue weighted by Gasteiger charge is -2.14. The predicted octanol–water partition coefficient (Wildman–Crippen LogP) is 7.31. The van der Waals surface area contributed by atoms with Crippen molar-refractivity contribution in [1.29, 1.82) is 0 Å². The fraction of sp³-hybridized carbons (Fsp3) is 0.235. The number of ether oxygens (including phenoxy) is 6. The molecule has 0 aromatic heterocycles. The van der Waals surface area contributed by atoms with Crippen molar-refractivity contribution in [3.8, 4) is 34.5 Å². The van der Waals surface area contributed by atoms with Gasteiger partial charge in [0.2, 0.25) is 0 Å². The minimum Gasteiger partial charge on any atom is -0.497 e. The zero-order valence-electron chi connectivity index (χ0n) is 23.9. The first-order valence-corrected chi connectivity index (χ1v) is 13.0. The molecule has 0 spiro atoms. The normalized spacial score (nSPS) is 14.4. The van der Waals surface area contributed by atoms with E-state index in [0.717, 1.165) is 46.5 Å². The zero-order valence-corrected chi connectivity index (χ0v) is 23.9. The van der Waals surface area contributed by atoms with Crippen molar-refractivity contribution in [3.05, 3.63) is 107 Å². The summed E-state index contributed by atoms with van der Waals surface area (Å²) in [5, 5.41) is 0. The summed E-state index contributed by atoms with van der Waals surface area (Å²) in [5.74, 6) is 5.21. The van der Waals surface area contributed by atoms with Gasteiger partial charge in [-0.1, -0.05) is 36.4 Å². The summed E-state index contributed by atoms with van der Waals surface area (Å²) < 4.78 is 31.8. The molecule has 0 saturated heterocycles. The van der Waals surface area contributed by atoms with Gasteiger partial charge in [-0.3, -0.25) is 0 Å². The summed E-state index contributed by atoms with van der Waals surface area (Å²) in [7, 11) is 10.0. The van der Waals surface area contributed by atoms with Gasteiger partial charge in [0.1, 0.15) is 34.5 Å². The van der Waals surface area contributed by atoms with Gasteiger partial charge in [-0.05, 0) is 71.1 Å². The number of fused-ring (bicyclic) bond motifs is 1. The first-order chi connectivity index (χ1) is 19.5.